The van der Waals surface area contributed by atoms with E-state index in [1.807, 2.05) is 35.0 Å². The summed E-state index contributed by atoms with van der Waals surface area (Å²) >= 11 is 0. The Kier molecular flexibility index (Phi) is 4.01. The third-order valence-corrected chi connectivity index (χ3v) is 4.24. The topological polar surface area (TPSA) is 72.9 Å². The fourth-order valence-electron chi connectivity index (χ4n) is 3.10. The van der Waals surface area contributed by atoms with Gasteiger partial charge >= 0.3 is 0 Å². The van der Waals surface area contributed by atoms with Crippen LogP contribution in [0.4, 0.5) is 5.69 Å². The quantitative estimate of drug-likeness (QED) is 0.904. The Hall–Kier alpha value is -2.14. The lowest BCUT2D eigenvalue weighted by molar-refractivity contribution is -0.120. The molecule has 2 aromatic rings. The minimum absolute atomic E-state index is 0.0332. The maximum absolute atomic E-state index is 12.5. The molecule has 21 heavy (non-hydrogen) atoms. The smallest absolute Gasteiger partial charge is 0.227 e. The van der Waals surface area contributed by atoms with Crippen LogP contribution in [0.15, 0.2) is 43.0 Å². The second kappa shape index (κ2) is 6.10. The Morgan fingerprint density at radius 1 is 1.38 bits per heavy atom. The molecule has 2 atom stereocenters. The average molecular weight is 284 g/mol. The monoisotopic (exact) mass is 284 g/mol. The fraction of sp³-hybridized carbons (Fsp3) is 0.375. The highest BCUT2D eigenvalue weighted by Crippen LogP contribution is 2.32. The second-order valence-electron chi connectivity index (χ2n) is 5.51. The van der Waals surface area contributed by atoms with Crippen molar-refractivity contribution in [1.82, 2.24) is 9.55 Å². The normalized spacial score (nSPS) is 21.4. The summed E-state index contributed by atoms with van der Waals surface area (Å²) in [6, 6.07) is 7.75. The number of hydrogen-bond acceptors (Lipinski definition) is 3. The Morgan fingerprint density at radius 2 is 2.24 bits per heavy atom. The number of rotatable bonds is 4. The van der Waals surface area contributed by atoms with Gasteiger partial charge in [-0.25, -0.2) is 4.98 Å². The number of hydrogen-bond donors (Lipinski definition) is 2. The highest BCUT2D eigenvalue weighted by atomic mass is 16.1. The predicted octanol–water partition coefficient (Wildman–Crippen LogP) is 2.19. The molecule has 0 radical (unpaired) electrons. The van der Waals surface area contributed by atoms with Gasteiger partial charge in [0.25, 0.3) is 0 Å². The predicted molar refractivity (Wildman–Crippen MR) is 82.1 cm³/mol. The van der Waals surface area contributed by atoms with E-state index < -0.39 is 0 Å². The number of nitrogens with one attached hydrogen (secondary N) is 1. The third-order valence-electron chi connectivity index (χ3n) is 4.24. The minimum atomic E-state index is 0.0332. The summed E-state index contributed by atoms with van der Waals surface area (Å²) in [4.78, 5) is 16.6. The van der Waals surface area contributed by atoms with E-state index in [1.165, 1.54) is 0 Å². The van der Waals surface area contributed by atoms with E-state index in [9.17, 15) is 4.79 Å². The van der Waals surface area contributed by atoms with Gasteiger partial charge in [0, 0.05) is 18.3 Å². The molecule has 0 spiro atoms. The molecule has 1 saturated carbocycles. The lowest BCUT2D eigenvalue weighted by Gasteiger charge is -2.19. The molecule has 5 heteroatoms. The number of benzene rings is 1. The molecule has 0 aliphatic heterocycles. The largest absolute Gasteiger partial charge is 0.330 e. The zero-order valence-corrected chi connectivity index (χ0v) is 11.9. The van der Waals surface area contributed by atoms with Gasteiger partial charge in [-0.1, -0.05) is 18.6 Å². The lowest BCUT2D eigenvalue weighted by atomic mass is 9.95. The van der Waals surface area contributed by atoms with E-state index in [0.717, 1.165) is 30.6 Å². The first-order valence-corrected chi connectivity index (χ1v) is 7.38. The SMILES string of the molecule is NC[C@H]1CCC[C@H]1C(=O)Nc1ccccc1-n1ccnc1. The summed E-state index contributed by atoms with van der Waals surface area (Å²) in [7, 11) is 0. The highest BCUT2D eigenvalue weighted by molar-refractivity contribution is 5.94. The van der Waals surface area contributed by atoms with Crippen LogP contribution in [-0.4, -0.2) is 22.0 Å². The highest BCUT2D eigenvalue weighted by Gasteiger charge is 2.32. The molecule has 1 aliphatic carbocycles. The van der Waals surface area contributed by atoms with Gasteiger partial charge in [-0.15, -0.1) is 0 Å². The number of nitrogens with two attached hydrogens (primary N) is 1. The Balaban J connectivity index is 1.81. The van der Waals surface area contributed by atoms with Crippen molar-refractivity contribution in [2.75, 3.05) is 11.9 Å². The molecule has 1 aromatic heterocycles. The van der Waals surface area contributed by atoms with Crippen molar-refractivity contribution in [2.24, 2.45) is 17.6 Å². The van der Waals surface area contributed by atoms with Crippen molar-refractivity contribution in [2.45, 2.75) is 19.3 Å². The number of carbonyl (C=O) groups is 1. The van der Waals surface area contributed by atoms with E-state index >= 15 is 0 Å². The second-order valence-corrected chi connectivity index (χ2v) is 5.51. The number of anilines is 1. The van der Waals surface area contributed by atoms with E-state index in [0.29, 0.717) is 12.5 Å². The molecule has 5 nitrogen and oxygen atoms in total. The number of aromatic nitrogens is 2. The van der Waals surface area contributed by atoms with Gasteiger partial charge in [0.05, 0.1) is 17.7 Å². The summed E-state index contributed by atoms with van der Waals surface area (Å²) in [5, 5.41) is 3.06. The molecule has 0 saturated heterocycles. The van der Waals surface area contributed by atoms with Gasteiger partial charge in [0.2, 0.25) is 5.91 Å². The van der Waals surface area contributed by atoms with Crippen LogP contribution < -0.4 is 11.1 Å². The summed E-state index contributed by atoms with van der Waals surface area (Å²) < 4.78 is 1.89. The number of amides is 1. The van der Waals surface area contributed by atoms with Gasteiger partial charge in [-0.05, 0) is 37.4 Å². The standard InChI is InChI=1S/C16H20N4O/c17-10-12-4-3-5-13(12)16(21)19-14-6-1-2-7-15(14)20-9-8-18-11-20/h1-2,6-9,11-13H,3-5,10,17H2,(H,19,21)/t12-,13-/m1/s1. The van der Waals surface area contributed by atoms with Crippen molar-refractivity contribution in [1.29, 1.82) is 0 Å². The van der Waals surface area contributed by atoms with Crippen LogP contribution in [0.2, 0.25) is 0 Å². The molecule has 1 aliphatic rings. The van der Waals surface area contributed by atoms with Gasteiger partial charge < -0.3 is 15.6 Å². The first-order valence-electron chi connectivity index (χ1n) is 7.38. The molecule has 3 N–H and O–H groups in total. The van der Waals surface area contributed by atoms with Crippen LogP contribution in [0, 0.1) is 11.8 Å². The van der Waals surface area contributed by atoms with Crippen molar-refractivity contribution in [3.8, 4) is 5.69 Å². The molecule has 0 bridgehead atoms. The summed E-state index contributed by atoms with van der Waals surface area (Å²) in [5.74, 6) is 0.423. The minimum Gasteiger partial charge on any atom is -0.330 e. The van der Waals surface area contributed by atoms with Crippen LogP contribution in [-0.2, 0) is 4.79 Å². The number of carbonyl (C=O) groups excluding carboxylic acids is 1. The maximum Gasteiger partial charge on any atom is 0.227 e. The van der Waals surface area contributed by atoms with Crippen molar-refractivity contribution in [3.05, 3.63) is 43.0 Å². The zero-order chi connectivity index (χ0) is 14.7. The fourth-order valence-corrected chi connectivity index (χ4v) is 3.10. The number of imidazole rings is 1. The van der Waals surface area contributed by atoms with Gasteiger partial charge in [-0.3, -0.25) is 4.79 Å². The Labute approximate surface area is 124 Å². The van der Waals surface area contributed by atoms with Crippen LogP contribution in [0.3, 0.4) is 0 Å². The summed E-state index contributed by atoms with van der Waals surface area (Å²) in [6.45, 7) is 0.585. The molecule has 1 amide bonds. The van der Waals surface area contributed by atoms with E-state index in [2.05, 4.69) is 10.3 Å². The van der Waals surface area contributed by atoms with Crippen LogP contribution in [0.5, 0.6) is 0 Å². The molecule has 0 unspecified atom stereocenters. The average Bonchev–Trinajstić information content (AvgIpc) is 3.19. The van der Waals surface area contributed by atoms with E-state index in [1.54, 1.807) is 12.5 Å². The number of nitrogens with zero attached hydrogens (tertiary/aromatic N) is 2. The molecule has 3 rings (SSSR count). The maximum atomic E-state index is 12.5. The molecular formula is C16H20N4O. The van der Waals surface area contributed by atoms with Gasteiger partial charge in [0.1, 0.15) is 0 Å². The third kappa shape index (κ3) is 2.83. The molecule has 110 valence electrons. The lowest BCUT2D eigenvalue weighted by Crippen LogP contribution is -2.30. The van der Waals surface area contributed by atoms with Crippen LogP contribution in [0.1, 0.15) is 19.3 Å². The van der Waals surface area contributed by atoms with Crippen molar-refractivity contribution in [3.63, 3.8) is 0 Å². The van der Waals surface area contributed by atoms with Gasteiger partial charge in [-0.2, -0.15) is 0 Å². The van der Waals surface area contributed by atoms with E-state index in [4.69, 9.17) is 5.73 Å². The van der Waals surface area contributed by atoms with Crippen LogP contribution >= 0.6 is 0 Å². The van der Waals surface area contributed by atoms with Gasteiger partial charge in [0.15, 0.2) is 0 Å². The summed E-state index contributed by atoms with van der Waals surface area (Å²) in [5.41, 5.74) is 7.50. The molecule has 1 aromatic carbocycles. The zero-order valence-electron chi connectivity index (χ0n) is 11.9. The van der Waals surface area contributed by atoms with Crippen molar-refractivity contribution >= 4 is 11.6 Å². The molecule has 1 heterocycles. The Morgan fingerprint density at radius 3 is 3.00 bits per heavy atom. The number of para-hydroxylation sites is 2. The summed E-state index contributed by atoms with van der Waals surface area (Å²) in [6.07, 6.45) is 8.38. The molecular weight excluding hydrogens is 264 g/mol. The van der Waals surface area contributed by atoms with E-state index in [-0.39, 0.29) is 11.8 Å². The Bertz CT molecular complexity index is 608. The molecule has 1 fully saturated rings. The first-order chi connectivity index (χ1) is 10.3. The van der Waals surface area contributed by atoms with Crippen LogP contribution in [0.25, 0.3) is 5.69 Å². The van der Waals surface area contributed by atoms with Crippen molar-refractivity contribution < 1.29 is 4.79 Å². The first kappa shape index (κ1) is 13.8.